The highest BCUT2D eigenvalue weighted by atomic mass is 16.2. The zero-order chi connectivity index (χ0) is 21.1. The van der Waals surface area contributed by atoms with Gasteiger partial charge in [-0.2, -0.15) is 5.10 Å². The molecule has 6 rings (SSSR count). The number of nitrogens with zero attached hydrogens (tertiary/aromatic N) is 5. The maximum absolute atomic E-state index is 13.3. The second-order valence-electron chi connectivity index (χ2n) is 10.0. The molecule has 31 heavy (non-hydrogen) atoms. The van der Waals surface area contributed by atoms with Gasteiger partial charge in [0, 0.05) is 56.3 Å². The highest BCUT2D eigenvalue weighted by Gasteiger charge is 2.38. The first-order valence-electron chi connectivity index (χ1n) is 11.8. The number of likely N-dealkylation sites (tertiary alicyclic amines) is 2. The van der Waals surface area contributed by atoms with Crippen LogP contribution in [-0.4, -0.2) is 56.2 Å². The Morgan fingerprint density at radius 1 is 1.10 bits per heavy atom. The zero-order valence-electron chi connectivity index (χ0n) is 18.3. The van der Waals surface area contributed by atoms with Crippen LogP contribution in [0.4, 0.5) is 0 Å². The van der Waals surface area contributed by atoms with Crippen LogP contribution < -0.4 is 5.56 Å². The highest BCUT2D eigenvalue weighted by Crippen LogP contribution is 2.40. The van der Waals surface area contributed by atoms with E-state index in [4.69, 9.17) is 0 Å². The summed E-state index contributed by atoms with van der Waals surface area (Å²) in [4.78, 5) is 30.9. The standard InChI is InChI=1S/C24H31N5O2/c1-26-22(11-20(25-26)17-4-5-17)24(31)28-12-16-10-19(15-28)21-7-6-18(23(30)29(21)13-16)14-27-8-2-3-9-27/h6-7,11,16-17,19H,2-5,8-10,12-15H2,1H3/t16-,19+/m0/s1. The minimum Gasteiger partial charge on any atom is -0.336 e. The fourth-order valence-electron chi connectivity index (χ4n) is 5.89. The summed E-state index contributed by atoms with van der Waals surface area (Å²) in [6.07, 6.45) is 5.90. The first-order chi connectivity index (χ1) is 15.1. The molecule has 0 radical (unpaired) electrons. The molecule has 1 aliphatic carbocycles. The van der Waals surface area contributed by atoms with E-state index in [1.165, 1.54) is 25.7 Å². The van der Waals surface area contributed by atoms with Crippen LogP contribution in [0.3, 0.4) is 0 Å². The van der Waals surface area contributed by atoms with E-state index in [0.717, 1.165) is 56.1 Å². The topological polar surface area (TPSA) is 63.4 Å². The minimum atomic E-state index is 0.0815. The van der Waals surface area contributed by atoms with Crippen molar-refractivity contribution in [2.24, 2.45) is 13.0 Å². The Kier molecular flexibility index (Phi) is 4.56. The largest absolute Gasteiger partial charge is 0.336 e. The number of hydrogen-bond donors (Lipinski definition) is 0. The summed E-state index contributed by atoms with van der Waals surface area (Å²) in [5.41, 5.74) is 3.96. The Balaban J connectivity index is 1.23. The molecule has 0 aromatic carbocycles. The molecule has 2 aromatic heterocycles. The van der Waals surface area contributed by atoms with Gasteiger partial charge >= 0.3 is 0 Å². The Bertz CT molecular complexity index is 1080. The molecular weight excluding hydrogens is 390 g/mol. The molecule has 1 amide bonds. The van der Waals surface area contributed by atoms with Gasteiger partial charge in [0.15, 0.2) is 0 Å². The Morgan fingerprint density at radius 3 is 2.68 bits per heavy atom. The number of aryl methyl sites for hydroxylation is 1. The van der Waals surface area contributed by atoms with Gasteiger partial charge in [0.05, 0.1) is 5.69 Å². The van der Waals surface area contributed by atoms with Crippen LogP contribution in [0.15, 0.2) is 23.0 Å². The van der Waals surface area contributed by atoms with E-state index < -0.39 is 0 Å². The summed E-state index contributed by atoms with van der Waals surface area (Å²) in [5, 5.41) is 4.58. The predicted molar refractivity (Wildman–Crippen MR) is 117 cm³/mol. The van der Waals surface area contributed by atoms with Gasteiger partial charge in [-0.05, 0) is 63.2 Å². The number of fused-ring (bicyclic) bond motifs is 4. The van der Waals surface area contributed by atoms with Crippen LogP contribution in [0.2, 0.25) is 0 Å². The van der Waals surface area contributed by atoms with Crippen molar-refractivity contribution in [3.8, 4) is 0 Å². The Hall–Kier alpha value is -2.41. The lowest BCUT2D eigenvalue weighted by molar-refractivity contribution is 0.0583. The van der Waals surface area contributed by atoms with Gasteiger partial charge in [-0.3, -0.25) is 19.2 Å². The fraction of sp³-hybridized carbons (Fsp3) is 0.625. The lowest BCUT2D eigenvalue weighted by atomic mass is 9.83. The number of rotatable bonds is 4. The molecule has 0 unspecified atom stereocenters. The van der Waals surface area contributed by atoms with Crippen molar-refractivity contribution in [2.75, 3.05) is 26.2 Å². The third-order valence-electron chi connectivity index (χ3n) is 7.68. The summed E-state index contributed by atoms with van der Waals surface area (Å²) < 4.78 is 3.77. The molecule has 0 spiro atoms. The van der Waals surface area contributed by atoms with Crippen LogP contribution in [-0.2, 0) is 20.1 Å². The maximum Gasteiger partial charge on any atom is 0.272 e. The molecule has 3 aliphatic heterocycles. The van der Waals surface area contributed by atoms with Crippen molar-refractivity contribution in [3.05, 3.63) is 51.2 Å². The molecule has 3 fully saturated rings. The number of aromatic nitrogens is 3. The monoisotopic (exact) mass is 421 g/mol. The number of pyridine rings is 1. The molecular formula is C24H31N5O2. The Labute approximate surface area is 182 Å². The molecule has 2 bridgehead atoms. The van der Waals surface area contributed by atoms with Gasteiger partial charge in [-0.25, -0.2) is 0 Å². The van der Waals surface area contributed by atoms with Gasteiger partial charge in [-0.1, -0.05) is 6.07 Å². The molecule has 7 nitrogen and oxygen atoms in total. The number of carbonyl (C=O) groups excluding carboxylic acids is 1. The van der Waals surface area contributed by atoms with Crippen molar-refractivity contribution >= 4 is 5.91 Å². The highest BCUT2D eigenvalue weighted by molar-refractivity contribution is 5.93. The first kappa shape index (κ1) is 19.3. The summed E-state index contributed by atoms with van der Waals surface area (Å²) in [7, 11) is 1.88. The third-order valence-corrected chi connectivity index (χ3v) is 7.68. The van der Waals surface area contributed by atoms with Crippen LogP contribution in [0.5, 0.6) is 0 Å². The van der Waals surface area contributed by atoms with Crippen molar-refractivity contribution in [2.45, 2.75) is 57.0 Å². The predicted octanol–water partition coefficient (Wildman–Crippen LogP) is 2.31. The van der Waals surface area contributed by atoms with E-state index in [9.17, 15) is 9.59 Å². The molecule has 5 heterocycles. The molecule has 2 aromatic rings. The van der Waals surface area contributed by atoms with Gasteiger partial charge < -0.3 is 9.47 Å². The Morgan fingerprint density at radius 2 is 1.90 bits per heavy atom. The van der Waals surface area contributed by atoms with Crippen LogP contribution in [0, 0.1) is 5.92 Å². The van der Waals surface area contributed by atoms with E-state index in [-0.39, 0.29) is 17.4 Å². The van der Waals surface area contributed by atoms with Gasteiger partial charge in [0.1, 0.15) is 5.69 Å². The van der Waals surface area contributed by atoms with E-state index >= 15 is 0 Å². The first-order valence-corrected chi connectivity index (χ1v) is 11.8. The number of amides is 1. The van der Waals surface area contributed by atoms with E-state index in [0.29, 0.717) is 24.1 Å². The van der Waals surface area contributed by atoms with Gasteiger partial charge in [0.25, 0.3) is 11.5 Å². The quantitative estimate of drug-likeness (QED) is 0.760. The van der Waals surface area contributed by atoms with Crippen molar-refractivity contribution in [3.63, 3.8) is 0 Å². The van der Waals surface area contributed by atoms with E-state index in [1.54, 1.807) is 4.68 Å². The third kappa shape index (κ3) is 3.43. The van der Waals surface area contributed by atoms with Gasteiger partial charge in [0.2, 0.25) is 0 Å². The summed E-state index contributed by atoms with van der Waals surface area (Å²) in [5.74, 6) is 1.20. The second-order valence-corrected chi connectivity index (χ2v) is 10.0. The molecule has 164 valence electrons. The summed E-state index contributed by atoms with van der Waals surface area (Å²) in [6.45, 7) is 5.09. The van der Waals surface area contributed by atoms with E-state index in [1.807, 2.05) is 28.6 Å². The van der Waals surface area contributed by atoms with Crippen molar-refractivity contribution < 1.29 is 4.79 Å². The molecule has 0 N–H and O–H groups in total. The average Bonchev–Trinajstić information content (AvgIpc) is 3.35. The smallest absolute Gasteiger partial charge is 0.272 e. The SMILES string of the molecule is Cn1nc(C2CC2)cc1C(=O)N1C[C@@H]2C[C@H](C1)c1ccc(CN3CCCC3)c(=O)n1C2. The lowest BCUT2D eigenvalue weighted by Crippen LogP contribution is -2.49. The summed E-state index contributed by atoms with van der Waals surface area (Å²) in [6, 6.07) is 6.18. The molecule has 2 atom stereocenters. The average molecular weight is 422 g/mol. The van der Waals surface area contributed by atoms with Crippen LogP contribution in [0.1, 0.15) is 71.4 Å². The second kappa shape index (κ2) is 7.33. The van der Waals surface area contributed by atoms with Crippen LogP contribution >= 0.6 is 0 Å². The summed E-state index contributed by atoms with van der Waals surface area (Å²) >= 11 is 0. The normalized spacial score (nSPS) is 25.6. The maximum atomic E-state index is 13.3. The van der Waals surface area contributed by atoms with Gasteiger partial charge in [-0.15, -0.1) is 0 Å². The lowest BCUT2D eigenvalue weighted by Gasteiger charge is -2.43. The minimum absolute atomic E-state index is 0.0815. The van der Waals surface area contributed by atoms with E-state index in [2.05, 4.69) is 16.1 Å². The number of carbonyl (C=O) groups is 1. The zero-order valence-corrected chi connectivity index (χ0v) is 18.3. The number of hydrogen-bond acceptors (Lipinski definition) is 4. The molecule has 4 aliphatic rings. The number of piperidine rings is 1. The molecule has 2 saturated heterocycles. The van der Waals surface area contributed by atoms with Crippen molar-refractivity contribution in [1.29, 1.82) is 0 Å². The molecule has 7 heteroatoms. The molecule has 1 saturated carbocycles. The van der Waals surface area contributed by atoms with Crippen LogP contribution in [0.25, 0.3) is 0 Å². The van der Waals surface area contributed by atoms with Crippen molar-refractivity contribution in [1.82, 2.24) is 24.1 Å². The fourth-order valence-corrected chi connectivity index (χ4v) is 5.89.